The minimum Gasteiger partial charge on any atom is -0.367 e. The van der Waals surface area contributed by atoms with Crippen LogP contribution in [-0.4, -0.2) is 39.9 Å². The Morgan fingerprint density at radius 2 is 2.29 bits per heavy atom. The summed E-state index contributed by atoms with van der Waals surface area (Å²) in [6.45, 7) is 5.79. The van der Waals surface area contributed by atoms with Crippen LogP contribution in [0.2, 0.25) is 0 Å². The summed E-state index contributed by atoms with van der Waals surface area (Å²) >= 11 is 1.61. The summed E-state index contributed by atoms with van der Waals surface area (Å²) in [4.78, 5) is 20.0. The zero-order chi connectivity index (χ0) is 17.1. The Kier molecular flexibility index (Phi) is 5.03. The lowest BCUT2D eigenvalue weighted by atomic mass is 10.1. The van der Waals surface area contributed by atoms with Crippen molar-refractivity contribution in [3.63, 3.8) is 0 Å². The van der Waals surface area contributed by atoms with Gasteiger partial charge in [-0.05, 0) is 26.7 Å². The van der Waals surface area contributed by atoms with E-state index in [4.69, 9.17) is 0 Å². The Hall–Kier alpha value is -2.09. The van der Waals surface area contributed by atoms with Gasteiger partial charge in [-0.15, -0.1) is 11.3 Å². The van der Waals surface area contributed by atoms with Crippen molar-refractivity contribution in [3.8, 4) is 0 Å². The first kappa shape index (κ1) is 16.8. The van der Waals surface area contributed by atoms with Crippen LogP contribution in [0.3, 0.4) is 0 Å². The molecule has 130 valence electrons. The molecule has 2 aromatic rings. The van der Waals surface area contributed by atoms with Crippen LogP contribution >= 0.6 is 11.3 Å². The number of aromatic nitrogens is 3. The molecular formula is C16H24N6OS. The number of piperidine rings is 1. The zero-order valence-corrected chi connectivity index (χ0v) is 15.1. The molecule has 2 aromatic heterocycles. The van der Waals surface area contributed by atoms with Crippen molar-refractivity contribution in [2.45, 2.75) is 38.8 Å². The van der Waals surface area contributed by atoms with Crippen molar-refractivity contribution >= 4 is 23.1 Å². The summed E-state index contributed by atoms with van der Waals surface area (Å²) in [6, 6.07) is -0.0701. The molecule has 3 rings (SSSR count). The van der Waals surface area contributed by atoms with Gasteiger partial charge in [-0.2, -0.15) is 5.10 Å². The predicted molar refractivity (Wildman–Crippen MR) is 95.4 cm³/mol. The number of urea groups is 1. The molecule has 2 amide bonds. The molecule has 2 atom stereocenters. The lowest BCUT2D eigenvalue weighted by molar-refractivity contribution is 0.232. The number of hydrogen-bond donors (Lipinski definition) is 2. The first-order chi connectivity index (χ1) is 11.5. The molecule has 2 N–H and O–H groups in total. The summed E-state index contributed by atoms with van der Waals surface area (Å²) in [5, 5.41) is 11.2. The van der Waals surface area contributed by atoms with Crippen LogP contribution in [0.15, 0.2) is 18.6 Å². The summed E-state index contributed by atoms with van der Waals surface area (Å²) < 4.78 is 1.80. The third-order valence-corrected chi connectivity index (χ3v) is 5.27. The van der Waals surface area contributed by atoms with E-state index in [2.05, 4.69) is 25.6 Å². The Bertz CT molecular complexity index is 696. The van der Waals surface area contributed by atoms with Gasteiger partial charge in [0.05, 0.1) is 17.9 Å². The molecule has 1 aliphatic rings. The van der Waals surface area contributed by atoms with Crippen LogP contribution in [-0.2, 0) is 7.05 Å². The van der Waals surface area contributed by atoms with Gasteiger partial charge in [0.15, 0.2) is 0 Å². The monoisotopic (exact) mass is 348 g/mol. The highest BCUT2D eigenvalue weighted by atomic mass is 32.1. The molecule has 0 saturated carbocycles. The fourth-order valence-electron chi connectivity index (χ4n) is 2.96. The molecule has 0 spiro atoms. The smallest absolute Gasteiger partial charge is 0.315 e. The molecule has 1 aliphatic heterocycles. The van der Waals surface area contributed by atoms with Gasteiger partial charge in [0.2, 0.25) is 0 Å². The van der Waals surface area contributed by atoms with E-state index in [-0.39, 0.29) is 18.1 Å². The number of nitrogens with zero attached hydrogens (tertiary/aromatic N) is 4. The molecule has 1 saturated heterocycles. The van der Waals surface area contributed by atoms with Crippen molar-refractivity contribution < 1.29 is 4.79 Å². The minimum absolute atomic E-state index is 0.0817. The Labute approximate surface area is 146 Å². The van der Waals surface area contributed by atoms with Crippen LogP contribution in [0.1, 0.15) is 35.7 Å². The number of amides is 2. The van der Waals surface area contributed by atoms with Gasteiger partial charge >= 0.3 is 6.03 Å². The lowest BCUT2D eigenvalue weighted by Gasteiger charge is -2.34. The number of anilines is 1. The van der Waals surface area contributed by atoms with Crippen LogP contribution in [0.25, 0.3) is 0 Å². The fourth-order valence-corrected chi connectivity index (χ4v) is 3.74. The molecule has 1 fully saturated rings. The number of thiazole rings is 1. The van der Waals surface area contributed by atoms with Crippen molar-refractivity contribution in [3.05, 3.63) is 28.5 Å². The predicted octanol–water partition coefficient (Wildman–Crippen LogP) is 2.21. The number of carbonyl (C=O) groups excluding carboxylic acids is 1. The van der Waals surface area contributed by atoms with Crippen molar-refractivity contribution in [1.82, 2.24) is 25.4 Å². The summed E-state index contributed by atoms with van der Waals surface area (Å²) in [7, 11) is 1.92. The standard InChI is InChI=1S/C16H24N6OS/c1-11-7-17-15(24-11)12(2)19-16(23)20-13-5-4-6-22(9-13)14-8-18-21(3)10-14/h7-8,10,12-13H,4-6,9H2,1-3H3,(H2,19,20,23)/t12-,13+/m0/s1. The molecule has 8 heteroatoms. The topological polar surface area (TPSA) is 75.1 Å². The SMILES string of the molecule is Cc1cnc([C@H](C)NC(=O)N[C@@H]2CCCN(c3cnn(C)c3)C2)s1. The number of nitrogens with one attached hydrogen (secondary N) is 2. The van der Waals surface area contributed by atoms with Gasteiger partial charge in [0.25, 0.3) is 0 Å². The average molecular weight is 348 g/mol. The van der Waals surface area contributed by atoms with Gasteiger partial charge in [-0.3, -0.25) is 4.68 Å². The third-order valence-electron chi connectivity index (χ3n) is 4.17. The molecule has 3 heterocycles. The molecule has 0 aliphatic carbocycles. The van der Waals surface area contributed by atoms with E-state index >= 15 is 0 Å². The Balaban J connectivity index is 1.52. The van der Waals surface area contributed by atoms with Crippen LogP contribution in [0.5, 0.6) is 0 Å². The normalized spacial score (nSPS) is 19.1. The minimum atomic E-state index is -0.131. The van der Waals surface area contributed by atoms with E-state index in [9.17, 15) is 4.79 Å². The highest BCUT2D eigenvalue weighted by molar-refractivity contribution is 7.11. The number of aryl methyl sites for hydroxylation is 2. The first-order valence-electron chi connectivity index (χ1n) is 8.24. The lowest BCUT2D eigenvalue weighted by Crippen LogP contribution is -2.50. The highest BCUT2D eigenvalue weighted by Crippen LogP contribution is 2.20. The van der Waals surface area contributed by atoms with Gasteiger partial charge in [-0.25, -0.2) is 9.78 Å². The molecular weight excluding hydrogens is 324 g/mol. The van der Waals surface area contributed by atoms with Crippen molar-refractivity contribution in [1.29, 1.82) is 0 Å². The van der Waals surface area contributed by atoms with E-state index in [1.54, 1.807) is 16.0 Å². The molecule has 0 radical (unpaired) electrons. The van der Waals surface area contributed by atoms with Gasteiger partial charge < -0.3 is 15.5 Å². The summed E-state index contributed by atoms with van der Waals surface area (Å²) in [6.07, 6.45) is 7.77. The second kappa shape index (κ2) is 7.21. The summed E-state index contributed by atoms with van der Waals surface area (Å²) in [5.41, 5.74) is 1.11. The zero-order valence-electron chi connectivity index (χ0n) is 14.3. The molecule has 0 bridgehead atoms. The van der Waals surface area contributed by atoms with Gasteiger partial charge in [0.1, 0.15) is 5.01 Å². The average Bonchev–Trinajstić information content (AvgIpc) is 3.16. The maximum Gasteiger partial charge on any atom is 0.315 e. The third kappa shape index (κ3) is 4.05. The molecule has 24 heavy (non-hydrogen) atoms. The van der Waals surface area contributed by atoms with E-state index < -0.39 is 0 Å². The number of carbonyl (C=O) groups is 1. The van der Waals surface area contributed by atoms with Gasteiger partial charge in [-0.1, -0.05) is 0 Å². The largest absolute Gasteiger partial charge is 0.367 e. The highest BCUT2D eigenvalue weighted by Gasteiger charge is 2.23. The molecule has 0 unspecified atom stereocenters. The van der Waals surface area contributed by atoms with Crippen LogP contribution in [0.4, 0.5) is 10.5 Å². The Morgan fingerprint density at radius 1 is 1.46 bits per heavy atom. The van der Waals surface area contributed by atoms with Crippen molar-refractivity contribution in [2.75, 3.05) is 18.0 Å². The maximum atomic E-state index is 12.3. The van der Waals surface area contributed by atoms with Gasteiger partial charge in [0, 0.05) is 43.4 Å². The summed E-state index contributed by atoms with van der Waals surface area (Å²) in [5.74, 6) is 0. The van der Waals surface area contributed by atoms with E-state index in [1.807, 2.05) is 39.5 Å². The fraction of sp³-hybridized carbons (Fsp3) is 0.562. The van der Waals surface area contributed by atoms with Crippen molar-refractivity contribution in [2.24, 2.45) is 7.05 Å². The molecule has 7 nitrogen and oxygen atoms in total. The maximum absolute atomic E-state index is 12.3. The Morgan fingerprint density at radius 3 is 2.96 bits per heavy atom. The number of hydrogen-bond acceptors (Lipinski definition) is 5. The van der Waals surface area contributed by atoms with E-state index in [1.165, 1.54) is 0 Å². The first-order valence-corrected chi connectivity index (χ1v) is 9.06. The molecule has 0 aromatic carbocycles. The van der Waals surface area contributed by atoms with E-state index in [0.29, 0.717) is 0 Å². The van der Waals surface area contributed by atoms with Crippen LogP contribution in [0, 0.1) is 6.92 Å². The van der Waals surface area contributed by atoms with Crippen LogP contribution < -0.4 is 15.5 Å². The second-order valence-corrected chi connectivity index (χ2v) is 7.57. The quantitative estimate of drug-likeness (QED) is 0.888. The second-order valence-electron chi connectivity index (χ2n) is 6.31. The number of rotatable bonds is 4. The van der Waals surface area contributed by atoms with E-state index in [0.717, 1.165) is 41.5 Å².